The molecule has 0 amide bonds. The topological polar surface area (TPSA) is 66.4 Å². The van der Waals surface area contributed by atoms with E-state index in [0.29, 0.717) is 4.88 Å². The molecule has 1 aromatic heterocycles. The molecule has 0 fully saturated rings. The zero-order valence-corrected chi connectivity index (χ0v) is 14.0. The summed E-state index contributed by atoms with van der Waals surface area (Å²) in [4.78, 5) is 24.5. The number of benzene rings is 2. The first-order chi connectivity index (χ1) is 12.2. The van der Waals surface area contributed by atoms with Crippen LogP contribution in [-0.4, -0.2) is 11.9 Å². The highest BCUT2D eigenvalue weighted by molar-refractivity contribution is 7.10. The van der Waals surface area contributed by atoms with E-state index < -0.39 is 24.0 Å². The largest absolute Gasteiger partial charge is 0.549 e. The number of esters is 1. The summed E-state index contributed by atoms with van der Waals surface area (Å²) in [6, 6.07) is 21.7. The van der Waals surface area contributed by atoms with E-state index in [9.17, 15) is 14.7 Å². The summed E-state index contributed by atoms with van der Waals surface area (Å²) in [6.45, 7) is 0. The van der Waals surface area contributed by atoms with Crippen molar-refractivity contribution < 1.29 is 19.4 Å². The molecule has 4 nitrogen and oxygen atoms in total. The number of rotatable bonds is 6. The Morgan fingerprint density at radius 2 is 1.40 bits per heavy atom. The molecule has 0 spiro atoms. The van der Waals surface area contributed by atoms with E-state index in [1.807, 2.05) is 60.7 Å². The van der Waals surface area contributed by atoms with Crippen molar-refractivity contribution in [2.24, 2.45) is 0 Å². The van der Waals surface area contributed by atoms with Crippen LogP contribution in [0.4, 0.5) is 0 Å². The van der Waals surface area contributed by atoms with Crippen molar-refractivity contribution in [3.05, 3.63) is 94.2 Å². The third-order valence-electron chi connectivity index (χ3n) is 3.74. The number of carboxylic acid groups (broad SMARTS) is 1. The average molecular weight is 351 g/mol. The average Bonchev–Trinajstić information content (AvgIpc) is 3.15. The number of carboxylic acids is 1. The van der Waals surface area contributed by atoms with Crippen molar-refractivity contribution >= 4 is 23.3 Å². The highest BCUT2D eigenvalue weighted by Crippen LogP contribution is 2.30. The van der Waals surface area contributed by atoms with Gasteiger partial charge in [0.2, 0.25) is 0 Å². The Morgan fingerprint density at radius 3 is 1.84 bits per heavy atom. The molecule has 25 heavy (non-hydrogen) atoms. The van der Waals surface area contributed by atoms with Crippen LogP contribution in [0.25, 0.3) is 0 Å². The number of carbonyl (C=O) groups is 2. The van der Waals surface area contributed by atoms with Crippen molar-refractivity contribution in [1.82, 2.24) is 0 Å². The number of aliphatic carboxylic acids is 1. The first-order valence-electron chi connectivity index (χ1n) is 7.71. The second-order valence-corrected chi connectivity index (χ2v) is 6.39. The Hall–Kier alpha value is -2.92. The van der Waals surface area contributed by atoms with Gasteiger partial charge in [0.1, 0.15) is 5.92 Å². The van der Waals surface area contributed by atoms with Crippen molar-refractivity contribution in [3.63, 3.8) is 0 Å². The standard InChI is InChI=1S/C20H16O4S/c21-19(22)17(16-12-7-13-25-16)20(23)24-18(14-8-3-1-4-9-14)15-10-5-2-6-11-15/h1-13,17-18H,(H,21,22)/p-1. The van der Waals surface area contributed by atoms with Gasteiger partial charge in [-0.1, -0.05) is 66.7 Å². The number of ether oxygens (including phenoxy) is 1. The molecule has 126 valence electrons. The lowest BCUT2D eigenvalue weighted by molar-refractivity contribution is -0.307. The second-order valence-electron chi connectivity index (χ2n) is 5.41. The summed E-state index contributed by atoms with van der Waals surface area (Å²) in [7, 11) is 0. The van der Waals surface area contributed by atoms with Gasteiger partial charge < -0.3 is 14.6 Å². The van der Waals surface area contributed by atoms with Gasteiger partial charge in [-0.25, -0.2) is 0 Å². The van der Waals surface area contributed by atoms with Crippen LogP contribution in [0.3, 0.4) is 0 Å². The van der Waals surface area contributed by atoms with Gasteiger partial charge in [-0.2, -0.15) is 0 Å². The van der Waals surface area contributed by atoms with Gasteiger partial charge in [-0.05, 0) is 22.6 Å². The van der Waals surface area contributed by atoms with Gasteiger partial charge in [0.05, 0.1) is 5.97 Å². The molecule has 1 unspecified atom stereocenters. The molecular weight excluding hydrogens is 336 g/mol. The molecule has 0 N–H and O–H groups in total. The smallest absolute Gasteiger partial charge is 0.320 e. The lowest BCUT2D eigenvalue weighted by Gasteiger charge is -2.22. The summed E-state index contributed by atoms with van der Waals surface area (Å²) in [5.41, 5.74) is 1.54. The molecule has 3 rings (SSSR count). The normalized spacial score (nSPS) is 11.9. The van der Waals surface area contributed by atoms with Gasteiger partial charge in [0.15, 0.2) is 6.10 Å². The third-order valence-corrected chi connectivity index (χ3v) is 4.67. The lowest BCUT2D eigenvalue weighted by atomic mass is 10.0. The fourth-order valence-corrected chi connectivity index (χ4v) is 3.35. The van der Waals surface area contributed by atoms with Crippen molar-refractivity contribution in [2.45, 2.75) is 12.0 Å². The SMILES string of the molecule is O=C([O-])C(C(=O)OC(c1ccccc1)c1ccccc1)c1cccs1. The van der Waals surface area contributed by atoms with Crippen molar-refractivity contribution in [1.29, 1.82) is 0 Å². The van der Waals surface area contributed by atoms with E-state index in [1.165, 1.54) is 11.3 Å². The molecule has 0 aliphatic heterocycles. The maximum Gasteiger partial charge on any atom is 0.320 e. The van der Waals surface area contributed by atoms with Gasteiger partial charge in [0, 0.05) is 4.88 Å². The predicted molar refractivity (Wildman–Crippen MR) is 92.9 cm³/mol. The minimum Gasteiger partial charge on any atom is -0.549 e. The van der Waals surface area contributed by atoms with E-state index in [1.54, 1.807) is 17.5 Å². The van der Waals surface area contributed by atoms with Crippen molar-refractivity contribution in [3.8, 4) is 0 Å². The molecule has 0 saturated heterocycles. The van der Waals surface area contributed by atoms with Crippen LogP contribution in [0.5, 0.6) is 0 Å². The highest BCUT2D eigenvalue weighted by atomic mass is 32.1. The number of carbonyl (C=O) groups excluding carboxylic acids is 2. The molecule has 0 radical (unpaired) electrons. The van der Waals surface area contributed by atoms with Crippen molar-refractivity contribution in [2.75, 3.05) is 0 Å². The Kier molecular flexibility index (Phi) is 5.26. The molecule has 0 aliphatic rings. The van der Waals surface area contributed by atoms with Gasteiger partial charge in [-0.3, -0.25) is 4.79 Å². The maximum atomic E-state index is 12.6. The van der Waals surface area contributed by atoms with E-state index >= 15 is 0 Å². The fourth-order valence-electron chi connectivity index (χ4n) is 2.55. The molecule has 5 heteroatoms. The molecule has 3 aromatic rings. The van der Waals surface area contributed by atoms with Crippen LogP contribution in [0.15, 0.2) is 78.2 Å². The highest BCUT2D eigenvalue weighted by Gasteiger charge is 2.28. The molecule has 1 heterocycles. The lowest BCUT2D eigenvalue weighted by Crippen LogP contribution is -2.35. The molecule has 0 aliphatic carbocycles. The van der Waals surface area contributed by atoms with Gasteiger partial charge in [0.25, 0.3) is 0 Å². The molecular formula is C20H15O4S-. The van der Waals surface area contributed by atoms with Crippen LogP contribution >= 0.6 is 11.3 Å². The van der Waals surface area contributed by atoms with Crippen LogP contribution in [0, 0.1) is 0 Å². The predicted octanol–water partition coefficient (Wildman–Crippen LogP) is 2.91. The van der Waals surface area contributed by atoms with E-state index in [-0.39, 0.29) is 0 Å². The zero-order valence-electron chi connectivity index (χ0n) is 13.2. The van der Waals surface area contributed by atoms with Crippen LogP contribution in [0.2, 0.25) is 0 Å². The van der Waals surface area contributed by atoms with E-state index in [2.05, 4.69) is 0 Å². The van der Waals surface area contributed by atoms with Gasteiger partial charge in [-0.15, -0.1) is 11.3 Å². The zero-order chi connectivity index (χ0) is 17.6. The van der Waals surface area contributed by atoms with Crippen LogP contribution in [0.1, 0.15) is 28.0 Å². The van der Waals surface area contributed by atoms with E-state index in [4.69, 9.17) is 4.74 Å². The quantitative estimate of drug-likeness (QED) is 0.506. The first-order valence-corrected chi connectivity index (χ1v) is 8.59. The second kappa shape index (κ2) is 7.77. The monoisotopic (exact) mass is 351 g/mol. The summed E-state index contributed by atoms with van der Waals surface area (Å²) >= 11 is 1.18. The minimum absolute atomic E-state index is 0.393. The maximum absolute atomic E-state index is 12.6. The molecule has 0 saturated carbocycles. The Bertz CT molecular complexity index is 789. The Labute approximate surface area is 149 Å². The minimum atomic E-state index is -1.47. The number of hydrogen-bond acceptors (Lipinski definition) is 5. The summed E-state index contributed by atoms with van der Waals surface area (Å²) in [5, 5.41) is 13.2. The molecule has 0 bridgehead atoms. The first kappa shape index (κ1) is 16.9. The number of hydrogen-bond donors (Lipinski definition) is 0. The molecule has 1 atom stereocenters. The number of thiophene rings is 1. The summed E-state index contributed by atoms with van der Waals surface area (Å²) in [5.74, 6) is -3.73. The van der Waals surface area contributed by atoms with Crippen LogP contribution < -0.4 is 5.11 Å². The van der Waals surface area contributed by atoms with Gasteiger partial charge >= 0.3 is 5.97 Å². The Morgan fingerprint density at radius 1 is 0.840 bits per heavy atom. The fraction of sp³-hybridized carbons (Fsp3) is 0.100. The summed E-state index contributed by atoms with van der Waals surface area (Å²) in [6.07, 6.45) is -0.684. The molecule has 2 aromatic carbocycles. The van der Waals surface area contributed by atoms with E-state index in [0.717, 1.165) is 11.1 Å². The third kappa shape index (κ3) is 3.95. The summed E-state index contributed by atoms with van der Waals surface area (Å²) < 4.78 is 5.62. The van der Waals surface area contributed by atoms with Crippen LogP contribution in [-0.2, 0) is 14.3 Å². The Balaban J connectivity index is 1.92.